The van der Waals surface area contributed by atoms with E-state index in [0.717, 1.165) is 50.5 Å². The number of rotatable bonds is 7. The zero-order valence-corrected chi connectivity index (χ0v) is 17.5. The monoisotopic (exact) mass is 398 g/mol. The number of carbonyl (C=O) groups is 1. The Morgan fingerprint density at radius 3 is 2.24 bits per heavy atom. The normalized spacial score (nSPS) is 14.9. The van der Waals surface area contributed by atoms with Gasteiger partial charge < -0.3 is 19.1 Å². The van der Waals surface area contributed by atoms with Gasteiger partial charge in [0, 0.05) is 32.7 Å². The topological polar surface area (TPSA) is 51.2 Å². The fraction of sp³-hybridized carbons (Fsp3) is 0.435. The molecule has 2 aromatic rings. The predicted octanol–water partition coefficient (Wildman–Crippen LogP) is 2.99. The number of nitrogens with zero attached hydrogens (tertiary/aromatic N) is 2. The minimum absolute atomic E-state index is 0.156. The van der Waals surface area contributed by atoms with E-state index in [0.29, 0.717) is 17.9 Å². The van der Waals surface area contributed by atoms with E-state index in [4.69, 9.17) is 14.2 Å². The summed E-state index contributed by atoms with van der Waals surface area (Å²) in [6.07, 6.45) is 1.35. The van der Waals surface area contributed by atoms with Crippen molar-refractivity contribution in [1.82, 2.24) is 9.80 Å². The summed E-state index contributed by atoms with van der Waals surface area (Å²) in [5.41, 5.74) is 2.20. The summed E-state index contributed by atoms with van der Waals surface area (Å²) in [6, 6.07) is 13.8. The second-order valence-corrected chi connectivity index (χ2v) is 7.22. The molecule has 1 aliphatic rings. The first-order valence-electron chi connectivity index (χ1n) is 9.97. The second kappa shape index (κ2) is 10.2. The zero-order chi connectivity index (χ0) is 20.6. The van der Waals surface area contributed by atoms with Crippen molar-refractivity contribution < 1.29 is 19.0 Å². The van der Waals surface area contributed by atoms with Gasteiger partial charge in [-0.15, -0.1) is 0 Å². The Hall–Kier alpha value is -2.73. The Balaban J connectivity index is 1.55. The molecular formula is C23H30N2O4. The summed E-state index contributed by atoms with van der Waals surface area (Å²) < 4.78 is 15.8. The lowest BCUT2D eigenvalue weighted by atomic mass is 10.1. The summed E-state index contributed by atoms with van der Waals surface area (Å²) in [5, 5.41) is 0. The first-order chi connectivity index (χ1) is 14.1. The smallest absolute Gasteiger partial charge is 0.227 e. The van der Waals surface area contributed by atoms with E-state index in [-0.39, 0.29) is 5.91 Å². The summed E-state index contributed by atoms with van der Waals surface area (Å²) in [4.78, 5) is 17.2. The molecule has 6 nitrogen and oxygen atoms in total. The molecule has 0 aliphatic carbocycles. The van der Waals surface area contributed by atoms with E-state index in [1.807, 2.05) is 35.2 Å². The highest BCUT2D eigenvalue weighted by Crippen LogP contribution is 2.28. The number of hydrogen-bond donors (Lipinski definition) is 0. The van der Waals surface area contributed by atoms with E-state index in [1.165, 1.54) is 5.56 Å². The van der Waals surface area contributed by atoms with Crippen molar-refractivity contribution in [3.05, 3.63) is 53.6 Å². The SMILES string of the molecule is COc1ccc(CN2CCCN(C(=O)Cc3ccc(OC)c(OC)c3)CC2)cc1. The highest BCUT2D eigenvalue weighted by Gasteiger charge is 2.20. The Morgan fingerprint density at radius 1 is 0.828 bits per heavy atom. The van der Waals surface area contributed by atoms with Crippen LogP contribution in [0.25, 0.3) is 0 Å². The minimum atomic E-state index is 0.156. The minimum Gasteiger partial charge on any atom is -0.497 e. The summed E-state index contributed by atoms with van der Waals surface area (Å²) in [7, 11) is 4.89. The van der Waals surface area contributed by atoms with Gasteiger partial charge in [-0.2, -0.15) is 0 Å². The van der Waals surface area contributed by atoms with Crippen LogP contribution in [-0.4, -0.2) is 63.2 Å². The van der Waals surface area contributed by atoms with Gasteiger partial charge in [-0.1, -0.05) is 18.2 Å². The fourth-order valence-electron chi connectivity index (χ4n) is 3.64. The molecule has 1 aliphatic heterocycles. The van der Waals surface area contributed by atoms with Crippen LogP contribution in [0.4, 0.5) is 0 Å². The number of benzene rings is 2. The molecule has 3 rings (SSSR count). The molecule has 0 radical (unpaired) electrons. The van der Waals surface area contributed by atoms with E-state index < -0.39 is 0 Å². The van der Waals surface area contributed by atoms with Gasteiger partial charge in [-0.05, 0) is 41.8 Å². The first kappa shape index (κ1) is 21.0. The van der Waals surface area contributed by atoms with Crippen LogP contribution in [0.5, 0.6) is 17.2 Å². The van der Waals surface area contributed by atoms with Gasteiger partial charge in [0.1, 0.15) is 5.75 Å². The lowest BCUT2D eigenvalue weighted by Gasteiger charge is -2.22. The average Bonchev–Trinajstić information content (AvgIpc) is 3.00. The van der Waals surface area contributed by atoms with E-state index >= 15 is 0 Å². The number of ether oxygens (including phenoxy) is 3. The van der Waals surface area contributed by atoms with Gasteiger partial charge in [-0.3, -0.25) is 9.69 Å². The second-order valence-electron chi connectivity index (χ2n) is 7.22. The van der Waals surface area contributed by atoms with Gasteiger partial charge in [0.2, 0.25) is 5.91 Å². The van der Waals surface area contributed by atoms with Crippen molar-refractivity contribution in [3.8, 4) is 17.2 Å². The van der Waals surface area contributed by atoms with Crippen molar-refractivity contribution in [3.63, 3.8) is 0 Å². The Morgan fingerprint density at radius 2 is 1.55 bits per heavy atom. The predicted molar refractivity (Wildman–Crippen MR) is 113 cm³/mol. The maximum atomic E-state index is 12.8. The largest absolute Gasteiger partial charge is 0.497 e. The summed E-state index contributed by atoms with van der Waals surface area (Å²) in [6.45, 7) is 4.31. The van der Waals surface area contributed by atoms with Crippen LogP contribution in [0.1, 0.15) is 17.5 Å². The van der Waals surface area contributed by atoms with E-state index in [1.54, 1.807) is 21.3 Å². The molecule has 1 saturated heterocycles. The van der Waals surface area contributed by atoms with Crippen LogP contribution in [0.15, 0.2) is 42.5 Å². The quantitative estimate of drug-likeness (QED) is 0.718. The molecule has 0 aromatic heterocycles. The zero-order valence-electron chi connectivity index (χ0n) is 17.5. The molecule has 0 spiro atoms. The molecule has 0 atom stereocenters. The van der Waals surface area contributed by atoms with Crippen LogP contribution >= 0.6 is 0 Å². The van der Waals surface area contributed by atoms with Gasteiger partial charge in [0.15, 0.2) is 11.5 Å². The average molecular weight is 399 g/mol. The number of hydrogen-bond acceptors (Lipinski definition) is 5. The third-order valence-electron chi connectivity index (χ3n) is 5.31. The van der Waals surface area contributed by atoms with Gasteiger partial charge in [-0.25, -0.2) is 0 Å². The molecule has 1 fully saturated rings. The standard InChI is InChI=1S/C23H30N2O4/c1-27-20-8-5-18(6-9-20)17-24-11-4-12-25(14-13-24)23(26)16-19-7-10-21(28-2)22(15-19)29-3/h5-10,15H,4,11-14,16-17H2,1-3H3. The molecule has 1 amide bonds. The van der Waals surface area contributed by atoms with Gasteiger partial charge in [0.25, 0.3) is 0 Å². The van der Waals surface area contributed by atoms with Crippen molar-refractivity contribution in [1.29, 1.82) is 0 Å². The van der Waals surface area contributed by atoms with Crippen molar-refractivity contribution in [2.24, 2.45) is 0 Å². The Labute approximate surface area is 173 Å². The van der Waals surface area contributed by atoms with Crippen LogP contribution < -0.4 is 14.2 Å². The lowest BCUT2D eigenvalue weighted by molar-refractivity contribution is -0.130. The number of carbonyl (C=O) groups excluding carboxylic acids is 1. The maximum absolute atomic E-state index is 12.8. The number of amides is 1. The first-order valence-corrected chi connectivity index (χ1v) is 9.97. The molecule has 29 heavy (non-hydrogen) atoms. The molecule has 1 heterocycles. The maximum Gasteiger partial charge on any atom is 0.227 e. The van der Waals surface area contributed by atoms with Crippen LogP contribution in [0, 0.1) is 0 Å². The highest BCUT2D eigenvalue weighted by molar-refractivity contribution is 5.79. The van der Waals surface area contributed by atoms with E-state index in [2.05, 4.69) is 17.0 Å². The van der Waals surface area contributed by atoms with Gasteiger partial charge >= 0.3 is 0 Å². The molecule has 0 bridgehead atoms. The molecule has 0 unspecified atom stereocenters. The summed E-state index contributed by atoms with van der Waals surface area (Å²) in [5.74, 6) is 2.35. The third kappa shape index (κ3) is 5.64. The van der Waals surface area contributed by atoms with Gasteiger partial charge in [0.05, 0.1) is 27.8 Å². The molecule has 6 heteroatoms. The molecule has 0 N–H and O–H groups in total. The van der Waals surface area contributed by atoms with Crippen LogP contribution in [0.2, 0.25) is 0 Å². The van der Waals surface area contributed by atoms with Crippen molar-refractivity contribution in [2.45, 2.75) is 19.4 Å². The fourth-order valence-corrected chi connectivity index (χ4v) is 3.64. The summed E-state index contributed by atoms with van der Waals surface area (Å²) >= 11 is 0. The van der Waals surface area contributed by atoms with Crippen LogP contribution in [-0.2, 0) is 17.8 Å². The van der Waals surface area contributed by atoms with Crippen LogP contribution in [0.3, 0.4) is 0 Å². The van der Waals surface area contributed by atoms with E-state index in [9.17, 15) is 4.79 Å². The Kier molecular flexibility index (Phi) is 7.36. The molecule has 156 valence electrons. The molecule has 0 saturated carbocycles. The van der Waals surface area contributed by atoms with Crippen molar-refractivity contribution >= 4 is 5.91 Å². The highest BCUT2D eigenvalue weighted by atomic mass is 16.5. The molecular weight excluding hydrogens is 368 g/mol. The lowest BCUT2D eigenvalue weighted by Crippen LogP contribution is -2.36. The molecule has 2 aromatic carbocycles. The third-order valence-corrected chi connectivity index (χ3v) is 5.31. The number of methoxy groups -OCH3 is 3. The Bertz CT molecular complexity index is 807. The van der Waals surface area contributed by atoms with Crippen molar-refractivity contribution in [2.75, 3.05) is 47.5 Å².